The van der Waals surface area contributed by atoms with Gasteiger partial charge >= 0.3 is 0 Å². The largest absolute Gasteiger partial charge is 0.380 e. The standard InChI is InChI=1S/C21H28N6OS/c1-25-14-17(13-23-25)20-19-11-16(12-22-21(19)27(29)24-20)15-3-5-18(6-4-15)26-7-2-9-28-10-8-26/h11-15,18,29H,2-10H2,1H3/t15-,18-. The van der Waals surface area contributed by atoms with Crippen molar-refractivity contribution in [3.05, 3.63) is 30.2 Å². The van der Waals surface area contributed by atoms with Gasteiger partial charge in [0.05, 0.1) is 12.8 Å². The van der Waals surface area contributed by atoms with Crippen LogP contribution in [0.1, 0.15) is 43.6 Å². The Morgan fingerprint density at radius 1 is 1.10 bits per heavy atom. The zero-order valence-corrected chi connectivity index (χ0v) is 17.8. The Labute approximate surface area is 176 Å². The van der Waals surface area contributed by atoms with Crippen LogP contribution in [0.25, 0.3) is 22.3 Å². The molecule has 0 bridgehead atoms. The number of aromatic nitrogens is 5. The topological polar surface area (TPSA) is 61.0 Å². The molecule has 4 heterocycles. The Bertz CT molecular complexity index is 982. The third-order valence-corrected chi connectivity index (χ3v) is 6.73. The molecule has 5 rings (SSSR count). The first-order valence-electron chi connectivity index (χ1n) is 10.6. The van der Waals surface area contributed by atoms with Crippen molar-refractivity contribution in [1.82, 2.24) is 28.9 Å². The molecule has 0 unspecified atom stereocenters. The predicted molar refractivity (Wildman–Crippen MR) is 116 cm³/mol. The van der Waals surface area contributed by atoms with Gasteiger partial charge in [0.25, 0.3) is 0 Å². The summed E-state index contributed by atoms with van der Waals surface area (Å²) in [7, 11) is 1.92. The van der Waals surface area contributed by atoms with Crippen molar-refractivity contribution in [3.8, 4) is 11.3 Å². The molecule has 1 aliphatic carbocycles. The number of fused-ring (bicyclic) bond motifs is 1. The summed E-state index contributed by atoms with van der Waals surface area (Å²) in [6, 6.07) is 2.98. The van der Waals surface area contributed by atoms with E-state index in [0.717, 1.165) is 48.5 Å². The molecule has 2 aliphatic rings. The monoisotopic (exact) mass is 412 g/mol. The maximum Gasteiger partial charge on any atom is 0.170 e. The summed E-state index contributed by atoms with van der Waals surface area (Å²) in [5.74, 6) is 0.566. The second-order valence-electron chi connectivity index (χ2n) is 8.29. The van der Waals surface area contributed by atoms with Crippen LogP contribution in [0.4, 0.5) is 0 Å². The van der Waals surface area contributed by atoms with Gasteiger partial charge in [-0.1, -0.05) is 0 Å². The first-order valence-corrected chi connectivity index (χ1v) is 11.0. The van der Waals surface area contributed by atoms with Crippen molar-refractivity contribution in [2.75, 3.05) is 26.3 Å². The van der Waals surface area contributed by atoms with Crippen LogP contribution in [0.5, 0.6) is 0 Å². The van der Waals surface area contributed by atoms with Crippen LogP contribution in [0.3, 0.4) is 0 Å². The molecule has 7 nitrogen and oxygen atoms in total. The number of pyridine rings is 1. The van der Waals surface area contributed by atoms with Crippen LogP contribution in [0.15, 0.2) is 24.7 Å². The minimum atomic E-state index is 0.566. The van der Waals surface area contributed by atoms with Crippen LogP contribution < -0.4 is 0 Å². The maximum absolute atomic E-state index is 5.63. The molecule has 0 aromatic carbocycles. The van der Waals surface area contributed by atoms with Crippen molar-refractivity contribution >= 4 is 23.8 Å². The van der Waals surface area contributed by atoms with Crippen molar-refractivity contribution in [1.29, 1.82) is 0 Å². The second-order valence-corrected chi connectivity index (χ2v) is 8.67. The minimum absolute atomic E-state index is 0.566. The SMILES string of the molecule is Cn1cc(-c2nn(S)c3ncc([C@H]4CC[C@H](N5CCCOCC5)CC4)cc23)cn1. The van der Waals surface area contributed by atoms with Crippen LogP contribution in [-0.2, 0) is 11.8 Å². The van der Waals surface area contributed by atoms with Crippen LogP contribution in [-0.4, -0.2) is 61.2 Å². The van der Waals surface area contributed by atoms with E-state index < -0.39 is 0 Å². The van der Waals surface area contributed by atoms with E-state index in [0.29, 0.717) is 12.0 Å². The van der Waals surface area contributed by atoms with Gasteiger partial charge in [0.2, 0.25) is 0 Å². The molecule has 3 aromatic rings. The lowest BCUT2D eigenvalue weighted by Crippen LogP contribution is -2.39. The Kier molecular flexibility index (Phi) is 5.32. The quantitative estimate of drug-likeness (QED) is 0.669. The van der Waals surface area contributed by atoms with Gasteiger partial charge in [-0.2, -0.15) is 14.3 Å². The number of thiol groups is 1. The average molecular weight is 413 g/mol. The van der Waals surface area contributed by atoms with Gasteiger partial charge in [-0.15, -0.1) is 0 Å². The van der Waals surface area contributed by atoms with E-state index in [1.165, 1.54) is 37.8 Å². The summed E-state index contributed by atoms with van der Waals surface area (Å²) < 4.78 is 8.99. The van der Waals surface area contributed by atoms with E-state index >= 15 is 0 Å². The van der Waals surface area contributed by atoms with Crippen LogP contribution >= 0.6 is 12.8 Å². The third kappa shape index (κ3) is 3.81. The highest BCUT2D eigenvalue weighted by atomic mass is 32.1. The van der Waals surface area contributed by atoms with E-state index in [1.807, 2.05) is 25.6 Å². The zero-order chi connectivity index (χ0) is 19.8. The summed E-state index contributed by atoms with van der Waals surface area (Å²) >= 11 is 4.47. The van der Waals surface area contributed by atoms with Gasteiger partial charge in [-0.05, 0) is 62.5 Å². The highest BCUT2D eigenvalue weighted by molar-refractivity contribution is 7.78. The number of rotatable bonds is 3. The fourth-order valence-electron chi connectivity index (χ4n) is 4.89. The molecular weight excluding hydrogens is 384 g/mol. The lowest BCUT2D eigenvalue weighted by Gasteiger charge is -2.36. The lowest BCUT2D eigenvalue weighted by molar-refractivity contribution is 0.118. The molecule has 1 saturated carbocycles. The smallest absolute Gasteiger partial charge is 0.170 e. The first kappa shape index (κ1) is 19.1. The Morgan fingerprint density at radius 3 is 2.76 bits per heavy atom. The fourth-order valence-corrected chi connectivity index (χ4v) is 5.14. The number of ether oxygens (including phenoxy) is 1. The van der Waals surface area contributed by atoms with E-state index in [1.54, 1.807) is 8.77 Å². The van der Waals surface area contributed by atoms with Gasteiger partial charge in [0.1, 0.15) is 5.69 Å². The number of aryl methyl sites for hydroxylation is 1. The molecule has 29 heavy (non-hydrogen) atoms. The molecule has 1 aliphatic heterocycles. The molecular formula is C21H28N6OS. The molecule has 0 atom stereocenters. The molecule has 0 amide bonds. The van der Waals surface area contributed by atoms with E-state index in [4.69, 9.17) is 9.72 Å². The van der Waals surface area contributed by atoms with Crippen molar-refractivity contribution < 1.29 is 4.74 Å². The maximum atomic E-state index is 5.63. The first-order chi connectivity index (χ1) is 14.2. The Morgan fingerprint density at radius 2 is 1.97 bits per heavy atom. The minimum Gasteiger partial charge on any atom is -0.380 e. The average Bonchev–Trinajstić information content (AvgIpc) is 3.19. The van der Waals surface area contributed by atoms with Crippen LogP contribution in [0, 0.1) is 0 Å². The molecule has 2 fully saturated rings. The summed E-state index contributed by atoms with van der Waals surface area (Å²) in [6.07, 6.45) is 11.9. The highest BCUT2D eigenvalue weighted by Gasteiger charge is 2.28. The van der Waals surface area contributed by atoms with Gasteiger partial charge in [-0.25, -0.2) is 4.98 Å². The molecule has 0 N–H and O–H groups in total. The summed E-state index contributed by atoms with van der Waals surface area (Å²) in [5.41, 5.74) is 4.02. The molecule has 0 radical (unpaired) electrons. The normalized spacial score (nSPS) is 24.1. The summed E-state index contributed by atoms with van der Waals surface area (Å²) in [6.45, 7) is 4.05. The summed E-state index contributed by atoms with van der Waals surface area (Å²) in [5, 5.41) is 9.93. The lowest BCUT2D eigenvalue weighted by atomic mass is 9.81. The number of nitrogens with zero attached hydrogens (tertiary/aromatic N) is 6. The summed E-state index contributed by atoms with van der Waals surface area (Å²) in [4.78, 5) is 7.35. The number of hydrogen-bond acceptors (Lipinski definition) is 6. The van der Waals surface area contributed by atoms with Crippen LogP contribution in [0.2, 0.25) is 0 Å². The molecule has 0 spiro atoms. The van der Waals surface area contributed by atoms with Crippen molar-refractivity contribution in [2.24, 2.45) is 7.05 Å². The zero-order valence-electron chi connectivity index (χ0n) is 16.9. The molecule has 8 heteroatoms. The highest BCUT2D eigenvalue weighted by Crippen LogP contribution is 2.37. The molecule has 154 valence electrons. The van der Waals surface area contributed by atoms with Gasteiger partial charge in [-0.3, -0.25) is 9.58 Å². The second kappa shape index (κ2) is 8.08. The van der Waals surface area contributed by atoms with Gasteiger partial charge in [0, 0.05) is 56.1 Å². The fraction of sp³-hybridized carbons (Fsp3) is 0.571. The van der Waals surface area contributed by atoms with Crippen molar-refractivity contribution in [2.45, 2.75) is 44.1 Å². The van der Waals surface area contributed by atoms with E-state index in [9.17, 15) is 0 Å². The molecule has 3 aromatic heterocycles. The number of hydrogen-bond donors (Lipinski definition) is 1. The third-order valence-electron chi connectivity index (χ3n) is 6.45. The van der Waals surface area contributed by atoms with E-state index in [-0.39, 0.29) is 0 Å². The Balaban J connectivity index is 1.36. The van der Waals surface area contributed by atoms with Gasteiger partial charge in [0.15, 0.2) is 5.65 Å². The van der Waals surface area contributed by atoms with Crippen molar-refractivity contribution in [3.63, 3.8) is 0 Å². The Hall–Kier alpha value is -1.90. The van der Waals surface area contributed by atoms with E-state index in [2.05, 4.69) is 34.0 Å². The predicted octanol–water partition coefficient (Wildman–Crippen LogP) is 3.27. The molecule has 1 saturated heterocycles. The van der Waals surface area contributed by atoms with Gasteiger partial charge < -0.3 is 4.74 Å².